The van der Waals surface area contributed by atoms with E-state index in [2.05, 4.69) is 9.97 Å². The lowest BCUT2D eigenvalue weighted by atomic mass is 10.1. The second-order valence-corrected chi connectivity index (χ2v) is 2.79. The van der Waals surface area contributed by atoms with Gasteiger partial charge in [0, 0.05) is 5.56 Å². The highest BCUT2D eigenvalue weighted by molar-refractivity contribution is 5.66. The number of hydrogen-bond acceptors (Lipinski definition) is 2. The topological polar surface area (TPSA) is 37.9 Å². The fourth-order valence-electron chi connectivity index (χ4n) is 1.33. The summed E-state index contributed by atoms with van der Waals surface area (Å²) in [6.45, 7) is 0. The number of ether oxygens (including phenoxy) is 1. The van der Waals surface area contributed by atoms with Crippen LogP contribution in [0, 0.1) is 5.82 Å². The number of H-pyrrole nitrogens is 1. The molecular formula is C10H9FN2O. The minimum Gasteiger partial charge on any atom is -0.493 e. The normalized spacial score (nSPS) is 10.1. The predicted octanol–water partition coefficient (Wildman–Crippen LogP) is 2.22. The number of imidazole rings is 1. The van der Waals surface area contributed by atoms with Gasteiger partial charge in [0.15, 0.2) is 11.6 Å². The molecular weight excluding hydrogens is 183 g/mol. The van der Waals surface area contributed by atoms with Gasteiger partial charge >= 0.3 is 0 Å². The first kappa shape index (κ1) is 8.74. The Balaban J connectivity index is 2.58. The summed E-state index contributed by atoms with van der Waals surface area (Å²) in [5.74, 6) is -0.142. The molecule has 0 bridgehead atoms. The predicted molar refractivity (Wildman–Crippen MR) is 50.5 cm³/mol. The van der Waals surface area contributed by atoms with Crippen molar-refractivity contribution in [1.29, 1.82) is 0 Å². The van der Waals surface area contributed by atoms with Crippen molar-refractivity contribution in [3.8, 4) is 17.0 Å². The van der Waals surface area contributed by atoms with E-state index in [0.29, 0.717) is 5.56 Å². The molecule has 1 heterocycles. The van der Waals surface area contributed by atoms with E-state index in [1.54, 1.807) is 24.7 Å². The number of nitrogens with one attached hydrogen (secondary N) is 1. The Kier molecular flexibility index (Phi) is 2.18. The zero-order valence-electron chi connectivity index (χ0n) is 7.62. The minimum atomic E-state index is -0.375. The average molecular weight is 192 g/mol. The number of aromatic nitrogens is 2. The van der Waals surface area contributed by atoms with E-state index in [1.807, 2.05) is 0 Å². The van der Waals surface area contributed by atoms with Crippen LogP contribution in [0.4, 0.5) is 4.39 Å². The van der Waals surface area contributed by atoms with E-state index in [9.17, 15) is 4.39 Å². The molecule has 0 aliphatic heterocycles. The summed E-state index contributed by atoms with van der Waals surface area (Å²) in [4.78, 5) is 6.77. The van der Waals surface area contributed by atoms with Gasteiger partial charge in [-0.15, -0.1) is 0 Å². The molecule has 4 heteroatoms. The van der Waals surface area contributed by atoms with Gasteiger partial charge in [-0.2, -0.15) is 0 Å². The van der Waals surface area contributed by atoms with Gasteiger partial charge < -0.3 is 9.72 Å². The van der Waals surface area contributed by atoms with Crippen LogP contribution in [0.2, 0.25) is 0 Å². The van der Waals surface area contributed by atoms with E-state index in [1.165, 1.54) is 13.2 Å². The molecule has 2 rings (SSSR count). The maximum atomic E-state index is 13.3. The van der Waals surface area contributed by atoms with Gasteiger partial charge in [0.05, 0.1) is 25.3 Å². The molecule has 0 saturated heterocycles. The summed E-state index contributed by atoms with van der Waals surface area (Å²) in [7, 11) is 1.44. The summed E-state index contributed by atoms with van der Waals surface area (Å²) in [6.07, 6.45) is 3.16. The Labute approximate surface area is 80.6 Å². The molecule has 0 fully saturated rings. The number of nitrogens with zero attached hydrogens (tertiary/aromatic N) is 1. The molecule has 0 amide bonds. The third-order valence-electron chi connectivity index (χ3n) is 1.96. The van der Waals surface area contributed by atoms with Crippen molar-refractivity contribution < 1.29 is 9.13 Å². The number of hydrogen-bond donors (Lipinski definition) is 1. The lowest BCUT2D eigenvalue weighted by molar-refractivity contribution is 0.388. The largest absolute Gasteiger partial charge is 0.493 e. The number of para-hydroxylation sites is 1. The van der Waals surface area contributed by atoms with E-state index in [4.69, 9.17) is 4.74 Å². The second kappa shape index (κ2) is 3.49. The number of methoxy groups -OCH3 is 1. The van der Waals surface area contributed by atoms with Crippen molar-refractivity contribution in [2.24, 2.45) is 0 Å². The molecule has 0 atom stereocenters. The molecule has 72 valence electrons. The zero-order chi connectivity index (χ0) is 9.97. The zero-order valence-corrected chi connectivity index (χ0v) is 7.62. The maximum Gasteiger partial charge on any atom is 0.165 e. The van der Waals surface area contributed by atoms with Crippen molar-refractivity contribution in [3.05, 3.63) is 36.5 Å². The van der Waals surface area contributed by atoms with E-state index in [0.717, 1.165) is 5.69 Å². The first-order valence-electron chi connectivity index (χ1n) is 4.14. The maximum absolute atomic E-state index is 13.3. The van der Waals surface area contributed by atoms with Crippen LogP contribution in [0.5, 0.6) is 5.75 Å². The SMILES string of the molecule is COc1c(F)cccc1-c1cnc[nH]1. The molecule has 0 unspecified atom stereocenters. The van der Waals surface area contributed by atoms with Crippen LogP contribution >= 0.6 is 0 Å². The first-order chi connectivity index (χ1) is 6.83. The van der Waals surface area contributed by atoms with Crippen LogP contribution < -0.4 is 4.74 Å². The molecule has 2 aromatic rings. The van der Waals surface area contributed by atoms with E-state index >= 15 is 0 Å². The summed E-state index contributed by atoms with van der Waals surface area (Å²) >= 11 is 0. The Bertz CT molecular complexity index is 426. The standard InChI is InChI=1S/C10H9FN2O/c1-14-10-7(3-2-4-8(10)11)9-5-12-6-13-9/h2-6H,1H3,(H,12,13). The van der Waals surface area contributed by atoms with E-state index in [-0.39, 0.29) is 11.6 Å². The summed E-state index contributed by atoms with van der Waals surface area (Å²) < 4.78 is 18.3. The minimum absolute atomic E-state index is 0.233. The smallest absolute Gasteiger partial charge is 0.165 e. The van der Waals surface area contributed by atoms with Gasteiger partial charge in [-0.1, -0.05) is 6.07 Å². The van der Waals surface area contributed by atoms with Crippen molar-refractivity contribution in [1.82, 2.24) is 9.97 Å². The van der Waals surface area contributed by atoms with Gasteiger partial charge in [-0.05, 0) is 12.1 Å². The lowest BCUT2D eigenvalue weighted by Gasteiger charge is -2.06. The van der Waals surface area contributed by atoms with Gasteiger partial charge in [0.1, 0.15) is 0 Å². The Morgan fingerprint density at radius 1 is 1.43 bits per heavy atom. The van der Waals surface area contributed by atoms with E-state index < -0.39 is 0 Å². The monoisotopic (exact) mass is 192 g/mol. The summed E-state index contributed by atoms with van der Waals surface area (Å²) in [5, 5.41) is 0. The molecule has 0 spiro atoms. The van der Waals surface area contributed by atoms with Gasteiger partial charge in [-0.3, -0.25) is 0 Å². The van der Waals surface area contributed by atoms with Gasteiger partial charge in [-0.25, -0.2) is 9.37 Å². The lowest BCUT2D eigenvalue weighted by Crippen LogP contribution is -1.91. The summed E-state index contributed by atoms with van der Waals surface area (Å²) in [5.41, 5.74) is 1.41. The molecule has 14 heavy (non-hydrogen) atoms. The fourth-order valence-corrected chi connectivity index (χ4v) is 1.33. The van der Waals surface area contributed by atoms with Crippen molar-refractivity contribution in [2.45, 2.75) is 0 Å². The molecule has 1 N–H and O–H groups in total. The van der Waals surface area contributed by atoms with Crippen LogP contribution in [0.25, 0.3) is 11.3 Å². The highest BCUT2D eigenvalue weighted by atomic mass is 19.1. The highest BCUT2D eigenvalue weighted by Crippen LogP contribution is 2.30. The Morgan fingerprint density at radius 3 is 2.93 bits per heavy atom. The van der Waals surface area contributed by atoms with Crippen molar-refractivity contribution >= 4 is 0 Å². The first-order valence-corrected chi connectivity index (χ1v) is 4.14. The Morgan fingerprint density at radius 2 is 2.29 bits per heavy atom. The van der Waals surface area contributed by atoms with Crippen LogP contribution in [-0.2, 0) is 0 Å². The van der Waals surface area contributed by atoms with Crippen LogP contribution in [0.15, 0.2) is 30.7 Å². The molecule has 1 aromatic carbocycles. The molecule has 0 aliphatic carbocycles. The molecule has 0 radical (unpaired) electrons. The molecule has 0 aliphatic rings. The van der Waals surface area contributed by atoms with Crippen molar-refractivity contribution in [3.63, 3.8) is 0 Å². The van der Waals surface area contributed by atoms with Crippen LogP contribution in [-0.4, -0.2) is 17.1 Å². The van der Waals surface area contributed by atoms with Crippen molar-refractivity contribution in [2.75, 3.05) is 7.11 Å². The van der Waals surface area contributed by atoms with Crippen LogP contribution in [0.1, 0.15) is 0 Å². The quantitative estimate of drug-likeness (QED) is 0.792. The molecule has 0 saturated carbocycles. The summed E-state index contributed by atoms with van der Waals surface area (Å²) in [6, 6.07) is 4.77. The third kappa shape index (κ3) is 1.35. The van der Waals surface area contributed by atoms with Crippen LogP contribution in [0.3, 0.4) is 0 Å². The number of rotatable bonds is 2. The number of benzene rings is 1. The fraction of sp³-hybridized carbons (Fsp3) is 0.100. The molecule has 1 aromatic heterocycles. The number of halogens is 1. The molecule has 3 nitrogen and oxygen atoms in total. The highest BCUT2D eigenvalue weighted by Gasteiger charge is 2.10. The van der Waals surface area contributed by atoms with Gasteiger partial charge in [0.25, 0.3) is 0 Å². The average Bonchev–Trinajstić information content (AvgIpc) is 2.70. The number of aromatic amines is 1. The third-order valence-corrected chi connectivity index (χ3v) is 1.96. The second-order valence-electron chi connectivity index (χ2n) is 2.79. The van der Waals surface area contributed by atoms with Gasteiger partial charge in [0.2, 0.25) is 0 Å². The Hall–Kier alpha value is -1.84.